The van der Waals surface area contributed by atoms with Gasteiger partial charge in [0.25, 0.3) is 0 Å². The van der Waals surface area contributed by atoms with Crippen LogP contribution in [0, 0.1) is 0 Å². The van der Waals surface area contributed by atoms with Gasteiger partial charge in [0.05, 0.1) is 18.8 Å². The molecule has 0 aromatic carbocycles. The summed E-state index contributed by atoms with van der Waals surface area (Å²) in [6.07, 6.45) is 2.48. The third kappa shape index (κ3) is 4.16. The predicted octanol–water partition coefficient (Wildman–Crippen LogP) is 0.953. The third-order valence-corrected chi connectivity index (χ3v) is 3.29. The first-order valence-electron chi connectivity index (χ1n) is 6.28. The van der Waals surface area contributed by atoms with E-state index < -0.39 is 0 Å². The van der Waals surface area contributed by atoms with Gasteiger partial charge < -0.3 is 15.5 Å². The van der Waals surface area contributed by atoms with Gasteiger partial charge in [-0.2, -0.15) is 0 Å². The zero-order valence-electron chi connectivity index (χ0n) is 11.3. The Labute approximate surface area is 108 Å². The molecule has 0 radical (unpaired) electrons. The van der Waals surface area contributed by atoms with Gasteiger partial charge in [0.15, 0.2) is 0 Å². The van der Waals surface area contributed by atoms with Crippen LogP contribution in [0.1, 0.15) is 26.0 Å². The summed E-state index contributed by atoms with van der Waals surface area (Å²) in [6, 6.07) is 3.76. The second kappa shape index (κ2) is 7.18. The number of carbonyl (C=O) groups excluding carboxylic acids is 1. The Kier molecular flexibility index (Phi) is 5.88. The van der Waals surface area contributed by atoms with Gasteiger partial charge in [0, 0.05) is 6.04 Å². The maximum atomic E-state index is 12.0. The number of nitrogens with one attached hydrogen (secondary N) is 1. The molecule has 0 saturated heterocycles. The van der Waals surface area contributed by atoms with Crippen LogP contribution in [0.5, 0.6) is 0 Å². The first kappa shape index (κ1) is 14.7. The van der Waals surface area contributed by atoms with Crippen molar-refractivity contribution in [1.82, 2.24) is 10.2 Å². The van der Waals surface area contributed by atoms with Gasteiger partial charge in [-0.05, 0) is 46.0 Å². The molecule has 0 spiro atoms. The van der Waals surface area contributed by atoms with Crippen LogP contribution in [0.3, 0.4) is 0 Å². The zero-order valence-corrected chi connectivity index (χ0v) is 11.3. The lowest BCUT2D eigenvalue weighted by Gasteiger charge is -2.29. The SMILES string of the molecule is CC(CCN)N(C)C(C)C(=O)NCc1ccco1. The van der Waals surface area contributed by atoms with Gasteiger partial charge in [-0.3, -0.25) is 9.69 Å². The lowest BCUT2D eigenvalue weighted by Crippen LogP contribution is -2.47. The fourth-order valence-corrected chi connectivity index (χ4v) is 1.75. The predicted molar refractivity (Wildman–Crippen MR) is 70.9 cm³/mol. The Hall–Kier alpha value is -1.33. The molecule has 1 heterocycles. The summed E-state index contributed by atoms with van der Waals surface area (Å²) < 4.78 is 5.17. The molecule has 2 unspecified atom stereocenters. The normalized spacial score (nSPS) is 14.5. The van der Waals surface area contributed by atoms with Crippen LogP contribution in [-0.4, -0.2) is 36.5 Å². The van der Waals surface area contributed by atoms with Crippen LogP contribution < -0.4 is 11.1 Å². The topological polar surface area (TPSA) is 71.5 Å². The van der Waals surface area contributed by atoms with Gasteiger partial charge in [-0.15, -0.1) is 0 Å². The van der Waals surface area contributed by atoms with Crippen molar-refractivity contribution in [2.45, 2.75) is 38.9 Å². The van der Waals surface area contributed by atoms with Gasteiger partial charge in [-0.1, -0.05) is 0 Å². The Morgan fingerprint density at radius 1 is 1.56 bits per heavy atom. The largest absolute Gasteiger partial charge is 0.467 e. The van der Waals surface area contributed by atoms with Gasteiger partial charge in [0.2, 0.25) is 5.91 Å². The molecule has 0 bridgehead atoms. The van der Waals surface area contributed by atoms with E-state index in [1.165, 1.54) is 0 Å². The molecule has 0 fully saturated rings. The number of furan rings is 1. The maximum absolute atomic E-state index is 12.0. The molecule has 1 aromatic rings. The van der Waals surface area contributed by atoms with Crippen LogP contribution in [0.4, 0.5) is 0 Å². The highest BCUT2D eigenvalue weighted by atomic mass is 16.3. The minimum absolute atomic E-state index is 0.00206. The molecule has 5 nitrogen and oxygen atoms in total. The Morgan fingerprint density at radius 3 is 2.83 bits per heavy atom. The molecular formula is C13H23N3O2. The minimum Gasteiger partial charge on any atom is -0.467 e. The molecule has 5 heteroatoms. The van der Waals surface area contributed by atoms with Crippen molar-refractivity contribution in [2.24, 2.45) is 5.73 Å². The lowest BCUT2D eigenvalue weighted by molar-refractivity contribution is -0.126. The Bertz CT molecular complexity index is 351. The highest BCUT2D eigenvalue weighted by molar-refractivity contribution is 5.81. The van der Waals surface area contributed by atoms with E-state index in [1.54, 1.807) is 12.3 Å². The third-order valence-electron chi connectivity index (χ3n) is 3.29. The molecule has 1 aromatic heterocycles. The molecule has 3 N–H and O–H groups in total. The van der Waals surface area contributed by atoms with Crippen molar-refractivity contribution in [3.05, 3.63) is 24.2 Å². The average Bonchev–Trinajstić information content (AvgIpc) is 2.87. The molecule has 18 heavy (non-hydrogen) atoms. The highest BCUT2D eigenvalue weighted by Crippen LogP contribution is 2.06. The zero-order chi connectivity index (χ0) is 13.5. The first-order chi connectivity index (χ1) is 8.56. The van der Waals surface area contributed by atoms with Crippen molar-refractivity contribution in [2.75, 3.05) is 13.6 Å². The fourth-order valence-electron chi connectivity index (χ4n) is 1.75. The van der Waals surface area contributed by atoms with Crippen molar-refractivity contribution >= 4 is 5.91 Å². The molecule has 1 amide bonds. The Balaban J connectivity index is 2.40. The number of nitrogens with two attached hydrogens (primary N) is 1. The number of carbonyl (C=O) groups is 1. The summed E-state index contributed by atoms with van der Waals surface area (Å²) in [5.74, 6) is 0.756. The summed E-state index contributed by atoms with van der Waals surface area (Å²) in [4.78, 5) is 14.0. The first-order valence-corrected chi connectivity index (χ1v) is 6.28. The summed E-state index contributed by atoms with van der Waals surface area (Å²) >= 11 is 0. The fraction of sp³-hybridized carbons (Fsp3) is 0.615. The number of amides is 1. The number of hydrogen-bond donors (Lipinski definition) is 2. The van der Waals surface area contributed by atoms with E-state index in [0.29, 0.717) is 19.1 Å². The van der Waals surface area contributed by atoms with E-state index >= 15 is 0 Å². The van der Waals surface area contributed by atoms with Crippen LogP contribution >= 0.6 is 0 Å². The monoisotopic (exact) mass is 253 g/mol. The van der Waals surface area contributed by atoms with Gasteiger partial charge in [0.1, 0.15) is 5.76 Å². The highest BCUT2D eigenvalue weighted by Gasteiger charge is 2.21. The maximum Gasteiger partial charge on any atom is 0.237 e. The Morgan fingerprint density at radius 2 is 2.28 bits per heavy atom. The van der Waals surface area contributed by atoms with E-state index in [1.807, 2.05) is 24.9 Å². The molecular weight excluding hydrogens is 230 g/mol. The van der Waals surface area contributed by atoms with E-state index in [-0.39, 0.29) is 11.9 Å². The molecule has 0 saturated carbocycles. The standard InChI is InChI=1S/C13H23N3O2/c1-10(6-7-14)16(3)11(2)13(17)15-9-12-5-4-8-18-12/h4-5,8,10-11H,6-7,9,14H2,1-3H3,(H,15,17). The van der Waals surface area contributed by atoms with Gasteiger partial charge in [-0.25, -0.2) is 0 Å². The van der Waals surface area contributed by atoms with Crippen LogP contribution in [0.15, 0.2) is 22.8 Å². The minimum atomic E-state index is -0.179. The van der Waals surface area contributed by atoms with E-state index in [0.717, 1.165) is 12.2 Å². The van der Waals surface area contributed by atoms with Crippen molar-refractivity contribution < 1.29 is 9.21 Å². The molecule has 1 rings (SSSR count). The van der Waals surface area contributed by atoms with E-state index in [9.17, 15) is 4.79 Å². The molecule has 0 aliphatic rings. The summed E-state index contributed by atoms with van der Waals surface area (Å²) in [6.45, 7) is 5.02. The van der Waals surface area contributed by atoms with E-state index in [4.69, 9.17) is 10.2 Å². The van der Waals surface area contributed by atoms with Crippen molar-refractivity contribution in [3.63, 3.8) is 0 Å². The van der Waals surface area contributed by atoms with Crippen molar-refractivity contribution in [3.8, 4) is 0 Å². The lowest BCUT2D eigenvalue weighted by atomic mass is 10.1. The second-order valence-electron chi connectivity index (χ2n) is 4.56. The van der Waals surface area contributed by atoms with Crippen molar-refractivity contribution in [1.29, 1.82) is 0 Å². The average molecular weight is 253 g/mol. The summed E-state index contributed by atoms with van der Waals surface area (Å²) in [5.41, 5.74) is 5.53. The number of hydrogen-bond acceptors (Lipinski definition) is 4. The van der Waals surface area contributed by atoms with E-state index in [2.05, 4.69) is 12.2 Å². The second-order valence-corrected chi connectivity index (χ2v) is 4.56. The quantitative estimate of drug-likeness (QED) is 0.759. The number of rotatable bonds is 7. The summed E-state index contributed by atoms with van der Waals surface area (Å²) in [5, 5.41) is 2.86. The number of likely N-dealkylation sites (N-methyl/N-ethyl adjacent to an activating group) is 1. The smallest absolute Gasteiger partial charge is 0.237 e. The van der Waals surface area contributed by atoms with Gasteiger partial charge >= 0.3 is 0 Å². The molecule has 102 valence electrons. The molecule has 0 aliphatic heterocycles. The van der Waals surface area contributed by atoms with Crippen LogP contribution in [0.2, 0.25) is 0 Å². The number of nitrogens with zero attached hydrogens (tertiary/aromatic N) is 1. The molecule has 2 atom stereocenters. The van der Waals surface area contributed by atoms with Crippen LogP contribution in [0.25, 0.3) is 0 Å². The molecule has 0 aliphatic carbocycles. The van der Waals surface area contributed by atoms with Crippen LogP contribution in [-0.2, 0) is 11.3 Å². The summed E-state index contributed by atoms with van der Waals surface area (Å²) in [7, 11) is 1.94.